The van der Waals surface area contributed by atoms with E-state index in [4.69, 9.17) is 9.15 Å². The lowest BCUT2D eigenvalue weighted by Crippen LogP contribution is -2.33. The summed E-state index contributed by atoms with van der Waals surface area (Å²) in [6.07, 6.45) is 2.47. The van der Waals surface area contributed by atoms with Gasteiger partial charge in [0.1, 0.15) is 5.75 Å². The molecule has 8 heteroatoms. The van der Waals surface area contributed by atoms with Gasteiger partial charge in [0, 0.05) is 6.04 Å². The Labute approximate surface area is 162 Å². The lowest BCUT2D eigenvalue weighted by molar-refractivity contribution is -0.119. The summed E-state index contributed by atoms with van der Waals surface area (Å²) in [6.45, 7) is 4.01. The number of hydrogen-bond donors (Lipinski definition) is 1. The Morgan fingerprint density at radius 1 is 1.30 bits per heavy atom. The summed E-state index contributed by atoms with van der Waals surface area (Å²) in [6, 6.07) is 11.3. The van der Waals surface area contributed by atoms with E-state index in [0.717, 1.165) is 12.1 Å². The zero-order chi connectivity index (χ0) is 19.2. The Bertz CT molecular complexity index is 892. The number of carbonyl (C=O) groups is 1. The van der Waals surface area contributed by atoms with Crippen LogP contribution in [0, 0.1) is 0 Å². The minimum Gasteiger partial charge on any atom is -0.495 e. The van der Waals surface area contributed by atoms with Crippen LogP contribution < -0.4 is 10.1 Å². The van der Waals surface area contributed by atoms with Crippen molar-refractivity contribution in [1.82, 2.24) is 20.1 Å². The molecule has 27 heavy (non-hydrogen) atoms. The number of hydrogen-bond acceptors (Lipinski definition) is 6. The number of methoxy groups -OCH3 is 1. The van der Waals surface area contributed by atoms with Crippen LogP contribution in [0.1, 0.15) is 20.3 Å². The Morgan fingerprint density at radius 3 is 2.81 bits per heavy atom. The van der Waals surface area contributed by atoms with Gasteiger partial charge in [0.15, 0.2) is 10.9 Å². The van der Waals surface area contributed by atoms with Crippen molar-refractivity contribution in [2.45, 2.75) is 31.5 Å². The van der Waals surface area contributed by atoms with E-state index in [1.54, 1.807) is 19.4 Å². The summed E-state index contributed by atoms with van der Waals surface area (Å²) < 4.78 is 12.8. The van der Waals surface area contributed by atoms with Crippen LogP contribution in [0.25, 0.3) is 17.3 Å². The maximum atomic E-state index is 12.2. The Hall–Kier alpha value is -2.74. The molecule has 1 aromatic carbocycles. The first-order valence-electron chi connectivity index (χ1n) is 8.68. The quantitative estimate of drug-likeness (QED) is 0.596. The third kappa shape index (κ3) is 4.33. The molecule has 1 amide bonds. The Morgan fingerprint density at radius 2 is 2.11 bits per heavy atom. The van der Waals surface area contributed by atoms with Crippen LogP contribution in [0.2, 0.25) is 0 Å². The van der Waals surface area contributed by atoms with Crippen molar-refractivity contribution in [3.05, 3.63) is 42.7 Å². The molecule has 0 radical (unpaired) electrons. The standard InChI is InChI=1S/C19H22N4O3S/c1-4-13(2)20-17(24)12-27-19-22-21-18(16-10-7-11-26-16)23(19)14-8-5-6-9-15(14)25-3/h5-11,13H,4,12H2,1-3H3,(H,20,24). The molecule has 3 aromatic rings. The molecule has 1 N–H and O–H groups in total. The van der Waals surface area contributed by atoms with Crippen LogP contribution in [-0.2, 0) is 4.79 Å². The first-order valence-corrected chi connectivity index (χ1v) is 9.67. The van der Waals surface area contributed by atoms with Crippen LogP contribution in [0.4, 0.5) is 0 Å². The first-order chi connectivity index (χ1) is 13.1. The summed E-state index contributed by atoms with van der Waals surface area (Å²) in [7, 11) is 1.61. The Kier molecular flexibility index (Phi) is 6.18. The van der Waals surface area contributed by atoms with Crippen molar-refractivity contribution in [2.24, 2.45) is 0 Å². The van der Waals surface area contributed by atoms with Gasteiger partial charge in [-0.3, -0.25) is 9.36 Å². The molecule has 0 fully saturated rings. The second kappa shape index (κ2) is 8.77. The summed E-state index contributed by atoms with van der Waals surface area (Å²) >= 11 is 1.32. The van der Waals surface area contributed by atoms with Crippen molar-refractivity contribution in [3.8, 4) is 23.0 Å². The SMILES string of the molecule is CCC(C)NC(=O)CSc1nnc(-c2ccco2)n1-c1ccccc1OC. The molecule has 2 heterocycles. The smallest absolute Gasteiger partial charge is 0.230 e. The number of aromatic nitrogens is 3. The number of rotatable bonds is 8. The summed E-state index contributed by atoms with van der Waals surface area (Å²) in [5.41, 5.74) is 0.779. The van der Waals surface area contributed by atoms with Crippen LogP contribution in [-0.4, -0.2) is 39.6 Å². The van der Waals surface area contributed by atoms with Crippen molar-refractivity contribution >= 4 is 17.7 Å². The van der Waals surface area contributed by atoms with E-state index in [2.05, 4.69) is 15.5 Å². The second-order valence-corrected chi connectivity index (χ2v) is 6.90. The van der Waals surface area contributed by atoms with E-state index < -0.39 is 0 Å². The van der Waals surface area contributed by atoms with Gasteiger partial charge in [0.25, 0.3) is 0 Å². The molecule has 7 nitrogen and oxygen atoms in total. The van der Waals surface area contributed by atoms with Crippen molar-refractivity contribution < 1.29 is 13.9 Å². The number of nitrogens with zero attached hydrogens (tertiary/aromatic N) is 3. The molecule has 3 rings (SSSR count). The molecule has 0 spiro atoms. The van der Waals surface area contributed by atoms with Crippen molar-refractivity contribution in [3.63, 3.8) is 0 Å². The lowest BCUT2D eigenvalue weighted by Gasteiger charge is -2.13. The lowest BCUT2D eigenvalue weighted by atomic mass is 10.3. The zero-order valence-corrected chi connectivity index (χ0v) is 16.3. The van der Waals surface area contributed by atoms with E-state index in [1.165, 1.54) is 11.8 Å². The molecule has 0 saturated heterocycles. The summed E-state index contributed by atoms with van der Waals surface area (Å²) in [4.78, 5) is 12.2. The number of para-hydroxylation sites is 2. The number of carbonyl (C=O) groups excluding carboxylic acids is 1. The molecule has 142 valence electrons. The molecule has 0 aliphatic carbocycles. The van der Waals surface area contributed by atoms with Gasteiger partial charge in [-0.15, -0.1) is 10.2 Å². The Balaban J connectivity index is 1.94. The van der Waals surface area contributed by atoms with Crippen LogP contribution in [0.5, 0.6) is 5.75 Å². The van der Waals surface area contributed by atoms with E-state index in [0.29, 0.717) is 22.5 Å². The summed E-state index contributed by atoms with van der Waals surface area (Å²) in [5.74, 6) is 2.02. The van der Waals surface area contributed by atoms with Gasteiger partial charge in [-0.1, -0.05) is 30.8 Å². The molecule has 0 aliphatic heterocycles. The third-order valence-electron chi connectivity index (χ3n) is 4.05. The number of ether oxygens (including phenoxy) is 1. The fraction of sp³-hybridized carbons (Fsp3) is 0.316. The predicted octanol–water partition coefficient (Wildman–Crippen LogP) is 3.54. The summed E-state index contributed by atoms with van der Waals surface area (Å²) in [5, 5.41) is 12.1. The largest absolute Gasteiger partial charge is 0.495 e. The monoisotopic (exact) mass is 386 g/mol. The third-order valence-corrected chi connectivity index (χ3v) is 4.98. The minimum atomic E-state index is -0.0384. The van der Waals surface area contributed by atoms with E-state index in [9.17, 15) is 4.79 Å². The molecule has 1 atom stereocenters. The molecule has 0 bridgehead atoms. The molecule has 0 saturated carbocycles. The van der Waals surface area contributed by atoms with Crippen LogP contribution in [0.3, 0.4) is 0 Å². The highest BCUT2D eigenvalue weighted by atomic mass is 32.2. The van der Waals surface area contributed by atoms with E-state index >= 15 is 0 Å². The van der Waals surface area contributed by atoms with Gasteiger partial charge in [-0.25, -0.2) is 0 Å². The molecule has 0 aliphatic rings. The minimum absolute atomic E-state index is 0.0384. The molecular weight excluding hydrogens is 364 g/mol. The maximum Gasteiger partial charge on any atom is 0.230 e. The number of amides is 1. The van der Waals surface area contributed by atoms with Gasteiger partial charge in [-0.05, 0) is 37.6 Å². The number of benzene rings is 1. The van der Waals surface area contributed by atoms with Gasteiger partial charge < -0.3 is 14.5 Å². The average molecular weight is 386 g/mol. The highest BCUT2D eigenvalue weighted by Gasteiger charge is 2.21. The fourth-order valence-corrected chi connectivity index (χ4v) is 3.27. The van der Waals surface area contributed by atoms with Crippen molar-refractivity contribution in [1.29, 1.82) is 0 Å². The highest BCUT2D eigenvalue weighted by molar-refractivity contribution is 7.99. The molecule has 2 aromatic heterocycles. The second-order valence-electron chi connectivity index (χ2n) is 5.96. The fourth-order valence-electron chi connectivity index (χ4n) is 2.51. The number of thioether (sulfide) groups is 1. The van der Waals surface area contributed by atoms with Crippen LogP contribution >= 0.6 is 11.8 Å². The van der Waals surface area contributed by atoms with Gasteiger partial charge in [0.05, 0.1) is 24.8 Å². The molecule has 1 unspecified atom stereocenters. The van der Waals surface area contributed by atoms with Gasteiger partial charge in [0.2, 0.25) is 11.7 Å². The normalized spacial score (nSPS) is 12.0. The van der Waals surface area contributed by atoms with Gasteiger partial charge >= 0.3 is 0 Å². The van der Waals surface area contributed by atoms with Crippen molar-refractivity contribution in [2.75, 3.05) is 12.9 Å². The molecular formula is C19H22N4O3S. The maximum absolute atomic E-state index is 12.2. The van der Waals surface area contributed by atoms with E-state index in [1.807, 2.05) is 48.7 Å². The number of furan rings is 1. The highest BCUT2D eigenvalue weighted by Crippen LogP contribution is 2.32. The predicted molar refractivity (Wildman–Crippen MR) is 104 cm³/mol. The first kappa shape index (κ1) is 19.0. The average Bonchev–Trinajstić information content (AvgIpc) is 3.35. The zero-order valence-electron chi connectivity index (χ0n) is 15.5. The van der Waals surface area contributed by atoms with Gasteiger partial charge in [-0.2, -0.15) is 0 Å². The topological polar surface area (TPSA) is 82.2 Å². The van der Waals surface area contributed by atoms with E-state index in [-0.39, 0.29) is 17.7 Å². The van der Waals surface area contributed by atoms with Crippen LogP contribution in [0.15, 0.2) is 52.2 Å². The number of nitrogens with one attached hydrogen (secondary N) is 1.